The normalized spacial score (nSPS) is 16.2. The van der Waals surface area contributed by atoms with Gasteiger partial charge in [0.2, 0.25) is 0 Å². The number of nitrogens with zero attached hydrogens (tertiary/aromatic N) is 2. The first kappa shape index (κ1) is 23.6. The van der Waals surface area contributed by atoms with Gasteiger partial charge in [-0.3, -0.25) is 9.59 Å². The number of hydrazine groups is 1. The van der Waals surface area contributed by atoms with E-state index < -0.39 is 42.1 Å². The molecule has 2 atom stereocenters. The van der Waals surface area contributed by atoms with E-state index in [0.717, 1.165) is 17.4 Å². The Balaban J connectivity index is 2.33. The minimum absolute atomic E-state index is 0.0151. The van der Waals surface area contributed by atoms with Crippen LogP contribution < -0.4 is 5.43 Å². The van der Waals surface area contributed by atoms with Crippen molar-refractivity contribution in [1.82, 2.24) is 15.3 Å². The van der Waals surface area contributed by atoms with Crippen molar-refractivity contribution in [3.8, 4) is 0 Å². The minimum atomic E-state index is -1.85. The largest absolute Gasteiger partial charge is 0.449 e. The molecule has 1 saturated heterocycles. The number of hydrogen-bond donors (Lipinski definition) is 1. The highest BCUT2D eigenvalue weighted by Gasteiger charge is 2.46. The molecule has 1 N–H and O–H groups in total. The Morgan fingerprint density at radius 1 is 1.16 bits per heavy atom. The number of Topliss-reactive ketones (excluding diaryl/α,β-unsaturated/α-hetero) is 1. The van der Waals surface area contributed by atoms with Crippen molar-refractivity contribution >= 4 is 30.0 Å². The van der Waals surface area contributed by atoms with Crippen LogP contribution in [0, 0.1) is 0 Å². The van der Waals surface area contributed by atoms with Gasteiger partial charge in [0.05, 0.1) is 19.3 Å². The Morgan fingerprint density at radius 3 is 2.39 bits per heavy atom. The Hall–Kier alpha value is -3.63. The zero-order chi connectivity index (χ0) is 23.0. The van der Waals surface area contributed by atoms with E-state index in [1.165, 1.54) is 13.8 Å². The molecular weight excluding hydrogens is 410 g/mol. The quantitative estimate of drug-likeness (QED) is 0.389. The molecule has 0 radical (unpaired) electrons. The van der Waals surface area contributed by atoms with Crippen LogP contribution in [-0.4, -0.2) is 71.8 Å². The monoisotopic (exact) mass is 435 g/mol. The first-order chi connectivity index (χ1) is 14.8. The molecule has 0 aromatic heterocycles. The molecule has 1 fully saturated rings. The topological polar surface area (TPSA) is 132 Å². The summed E-state index contributed by atoms with van der Waals surface area (Å²) in [5.41, 5.74) is 2.89. The van der Waals surface area contributed by atoms with Crippen LogP contribution in [0.1, 0.15) is 26.3 Å². The molecule has 0 saturated carbocycles. The first-order valence-electron chi connectivity index (χ1n) is 9.73. The molecule has 0 bridgehead atoms. The third kappa shape index (κ3) is 5.93. The van der Waals surface area contributed by atoms with Crippen LogP contribution in [0.3, 0.4) is 0 Å². The van der Waals surface area contributed by atoms with Gasteiger partial charge in [-0.1, -0.05) is 30.3 Å². The van der Waals surface area contributed by atoms with E-state index >= 15 is 0 Å². The molecule has 0 unspecified atom stereocenters. The first-order valence-corrected chi connectivity index (χ1v) is 9.73. The Bertz CT molecular complexity index is 829. The molecule has 31 heavy (non-hydrogen) atoms. The van der Waals surface area contributed by atoms with Gasteiger partial charge in [-0.2, -0.15) is 5.01 Å². The minimum Gasteiger partial charge on any atom is -0.449 e. The van der Waals surface area contributed by atoms with Gasteiger partial charge in [0.15, 0.2) is 11.8 Å². The van der Waals surface area contributed by atoms with Crippen LogP contribution in [0.2, 0.25) is 0 Å². The summed E-state index contributed by atoms with van der Waals surface area (Å²) in [5, 5.41) is 0.428. The summed E-state index contributed by atoms with van der Waals surface area (Å²) in [7, 11) is 0. The molecule has 168 valence electrons. The lowest BCUT2D eigenvalue weighted by atomic mass is 10.0. The second kappa shape index (κ2) is 11.0. The van der Waals surface area contributed by atoms with Crippen molar-refractivity contribution in [2.45, 2.75) is 39.3 Å². The van der Waals surface area contributed by atoms with E-state index in [-0.39, 0.29) is 26.2 Å². The summed E-state index contributed by atoms with van der Waals surface area (Å²) >= 11 is 0. The smallest absolute Gasteiger partial charge is 0.429 e. The molecule has 2 rings (SSSR count). The maximum atomic E-state index is 13.3. The van der Waals surface area contributed by atoms with Gasteiger partial charge in [-0.25, -0.2) is 24.7 Å². The van der Waals surface area contributed by atoms with E-state index in [4.69, 9.17) is 14.2 Å². The van der Waals surface area contributed by atoms with Crippen molar-refractivity contribution in [1.29, 1.82) is 0 Å². The molecular formula is C20H25N3O8. The van der Waals surface area contributed by atoms with Gasteiger partial charge in [0.1, 0.15) is 6.61 Å². The number of hydrogen-bond acceptors (Lipinski definition) is 8. The Morgan fingerprint density at radius 2 is 1.81 bits per heavy atom. The van der Waals surface area contributed by atoms with Gasteiger partial charge < -0.3 is 14.2 Å². The fraction of sp³-hybridized carbons (Fsp3) is 0.450. The predicted molar refractivity (Wildman–Crippen MR) is 106 cm³/mol. The number of benzene rings is 1. The number of nitrogens with one attached hydrogen (secondary N) is 1. The van der Waals surface area contributed by atoms with Crippen LogP contribution >= 0.6 is 0 Å². The third-order valence-corrected chi connectivity index (χ3v) is 4.34. The van der Waals surface area contributed by atoms with Gasteiger partial charge in [-0.05, 0) is 32.8 Å². The third-order valence-electron chi connectivity index (χ3n) is 4.34. The molecule has 11 heteroatoms. The lowest BCUT2D eigenvalue weighted by Crippen LogP contribution is -2.61. The van der Waals surface area contributed by atoms with Crippen LogP contribution in [0.15, 0.2) is 30.3 Å². The van der Waals surface area contributed by atoms with E-state index in [0.29, 0.717) is 5.01 Å². The Labute approximate surface area is 179 Å². The summed E-state index contributed by atoms with van der Waals surface area (Å²) < 4.78 is 14.6. The van der Waals surface area contributed by atoms with Crippen molar-refractivity contribution in [2.75, 3.05) is 19.8 Å². The molecule has 1 aromatic carbocycles. The predicted octanol–water partition coefficient (Wildman–Crippen LogP) is 1.65. The van der Waals surface area contributed by atoms with E-state index in [2.05, 4.69) is 0 Å². The number of carbonyl (C=O) groups excluding carboxylic acids is 5. The number of rotatable bonds is 7. The highest BCUT2D eigenvalue weighted by molar-refractivity contribution is 6.10. The van der Waals surface area contributed by atoms with Gasteiger partial charge in [-0.15, -0.1) is 0 Å². The van der Waals surface area contributed by atoms with Gasteiger partial charge in [0.25, 0.3) is 5.91 Å². The highest BCUT2D eigenvalue weighted by atomic mass is 16.6. The standard InChI is InChI=1S/C20H25N3O8/c1-4-29-18(26)21-23(20(28)30-5-2)16(13(3)24)17(25)22-15(12-31-19(22)27)11-14-9-7-6-8-10-14/h6-10,15-16H,4-5,11-12H2,1-3H3,(H,21,26)/t15-,16+/m1/s1. The zero-order valence-electron chi connectivity index (χ0n) is 17.5. The molecule has 1 aliphatic heterocycles. The summed E-state index contributed by atoms with van der Waals surface area (Å²) in [6, 6.07) is 6.53. The zero-order valence-corrected chi connectivity index (χ0v) is 17.5. The van der Waals surface area contributed by atoms with Crippen molar-refractivity contribution in [2.24, 2.45) is 0 Å². The average molecular weight is 435 g/mol. The van der Waals surface area contributed by atoms with Crippen molar-refractivity contribution in [3.63, 3.8) is 0 Å². The molecule has 4 amide bonds. The molecule has 1 aliphatic rings. The average Bonchev–Trinajstić information content (AvgIpc) is 3.08. The number of imide groups is 1. The number of amides is 4. The maximum absolute atomic E-state index is 13.3. The molecule has 1 heterocycles. The van der Waals surface area contributed by atoms with Crippen LogP contribution in [0.25, 0.3) is 0 Å². The maximum Gasteiger partial charge on any atom is 0.429 e. The summed E-state index contributed by atoms with van der Waals surface area (Å²) in [4.78, 5) is 63.0. The fourth-order valence-electron chi connectivity index (χ4n) is 3.04. The lowest BCUT2D eigenvalue weighted by molar-refractivity contribution is -0.141. The van der Waals surface area contributed by atoms with E-state index in [1.54, 1.807) is 0 Å². The number of ketones is 1. The second-order valence-electron chi connectivity index (χ2n) is 6.54. The summed E-state index contributed by atoms with van der Waals surface area (Å²) in [5.74, 6) is -1.83. The lowest BCUT2D eigenvalue weighted by Gasteiger charge is -2.31. The fourth-order valence-corrected chi connectivity index (χ4v) is 3.04. The van der Waals surface area contributed by atoms with Gasteiger partial charge >= 0.3 is 18.3 Å². The van der Waals surface area contributed by atoms with Crippen molar-refractivity contribution in [3.05, 3.63) is 35.9 Å². The number of carbonyl (C=O) groups is 5. The molecule has 11 nitrogen and oxygen atoms in total. The summed E-state index contributed by atoms with van der Waals surface area (Å²) in [6.07, 6.45) is -2.89. The van der Waals surface area contributed by atoms with Crippen LogP contribution in [0.5, 0.6) is 0 Å². The number of cyclic esters (lactones) is 1. The van der Waals surface area contributed by atoms with Crippen LogP contribution in [0.4, 0.5) is 14.4 Å². The van der Waals surface area contributed by atoms with Crippen molar-refractivity contribution < 1.29 is 38.2 Å². The highest BCUT2D eigenvalue weighted by Crippen LogP contribution is 2.20. The molecule has 0 spiro atoms. The number of ether oxygens (including phenoxy) is 3. The summed E-state index contributed by atoms with van der Waals surface area (Å²) in [6.45, 7) is 3.93. The van der Waals surface area contributed by atoms with Crippen LogP contribution in [-0.2, 0) is 30.2 Å². The van der Waals surface area contributed by atoms with E-state index in [9.17, 15) is 24.0 Å². The van der Waals surface area contributed by atoms with E-state index in [1.807, 2.05) is 35.8 Å². The Kier molecular flexibility index (Phi) is 8.35. The SMILES string of the molecule is CCOC(=O)NN(C(=O)OCC)[C@@H](C(C)=O)C(=O)N1C(=O)OC[C@H]1Cc1ccccc1. The molecule has 1 aromatic rings. The molecule has 0 aliphatic carbocycles. The van der Waals surface area contributed by atoms with Gasteiger partial charge in [0, 0.05) is 0 Å². The second-order valence-corrected chi connectivity index (χ2v) is 6.54.